The molecule has 5 rings (SSSR count). The number of oxazole rings is 1. The summed E-state index contributed by atoms with van der Waals surface area (Å²) in [6, 6.07) is 12.8. The van der Waals surface area contributed by atoms with Crippen LogP contribution in [-0.4, -0.2) is 41.0 Å². The third-order valence-electron chi connectivity index (χ3n) is 6.81. The van der Waals surface area contributed by atoms with Crippen molar-refractivity contribution in [1.82, 2.24) is 9.55 Å². The summed E-state index contributed by atoms with van der Waals surface area (Å²) < 4.78 is 19.4. The fourth-order valence-corrected chi connectivity index (χ4v) is 4.90. The fraction of sp³-hybridized carbons (Fsp3) is 0.345. The van der Waals surface area contributed by atoms with E-state index in [9.17, 15) is 14.7 Å². The summed E-state index contributed by atoms with van der Waals surface area (Å²) in [5.41, 5.74) is 3.62. The third kappa shape index (κ3) is 4.64. The van der Waals surface area contributed by atoms with Crippen molar-refractivity contribution in [2.45, 2.75) is 39.7 Å². The second kappa shape index (κ2) is 9.52. The lowest BCUT2D eigenvalue weighted by molar-refractivity contribution is 0.0693. The van der Waals surface area contributed by atoms with E-state index in [1.165, 1.54) is 12.3 Å². The van der Waals surface area contributed by atoms with Gasteiger partial charge in [-0.15, -0.1) is 0 Å². The number of rotatable bonds is 7. The Labute approximate surface area is 214 Å². The number of carbonyl (C=O) groups is 1. The number of carboxylic acids is 1. The van der Waals surface area contributed by atoms with Crippen molar-refractivity contribution in [2.24, 2.45) is 5.41 Å². The van der Waals surface area contributed by atoms with Gasteiger partial charge in [0.2, 0.25) is 5.89 Å². The largest absolute Gasteiger partial charge is 0.493 e. The molecule has 3 heterocycles. The minimum Gasteiger partial charge on any atom is -0.493 e. The van der Waals surface area contributed by atoms with Crippen LogP contribution in [0.5, 0.6) is 5.75 Å². The summed E-state index contributed by atoms with van der Waals surface area (Å²) in [5, 5.41) is 9.61. The molecule has 2 aromatic carbocycles. The number of para-hydroxylation sites is 2. The van der Waals surface area contributed by atoms with Gasteiger partial charge in [0.1, 0.15) is 16.8 Å². The standard InChI is InChI=1S/C29H30N2O6/c1-29(2,3)26-13-17-12-25(36-11-7-10-35-4)19(27-30-21-8-5-6-9-24(21)37-27)14-18(17)22-15-23(32)20(28(33)34)16-31(22)26/h5-6,8-9,12,14-16,26H,7,10-11,13H2,1-4H3,(H,33,34). The monoisotopic (exact) mass is 502 g/mol. The van der Waals surface area contributed by atoms with E-state index in [1.54, 1.807) is 7.11 Å². The van der Waals surface area contributed by atoms with E-state index in [-0.39, 0.29) is 17.0 Å². The smallest absolute Gasteiger partial charge is 0.341 e. The molecular formula is C29H30N2O6. The van der Waals surface area contributed by atoms with Crippen LogP contribution in [0.4, 0.5) is 0 Å². The maximum atomic E-state index is 12.8. The Morgan fingerprint density at radius 2 is 1.95 bits per heavy atom. The Bertz CT molecular complexity index is 1510. The Morgan fingerprint density at radius 3 is 2.65 bits per heavy atom. The molecular weight excluding hydrogens is 472 g/mol. The normalized spacial score (nSPS) is 14.9. The van der Waals surface area contributed by atoms with Crippen molar-refractivity contribution in [1.29, 1.82) is 0 Å². The molecule has 1 unspecified atom stereocenters. The lowest BCUT2D eigenvalue weighted by Crippen LogP contribution is -2.32. The molecule has 8 heteroatoms. The molecule has 37 heavy (non-hydrogen) atoms. The zero-order chi connectivity index (χ0) is 26.3. The van der Waals surface area contributed by atoms with Crippen LogP contribution in [-0.2, 0) is 11.2 Å². The number of fused-ring (bicyclic) bond motifs is 4. The molecule has 8 nitrogen and oxygen atoms in total. The topological polar surface area (TPSA) is 104 Å². The van der Waals surface area contributed by atoms with E-state index in [0.29, 0.717) is 48.1 Å². The van der Waals surface area contributed by atoms with Gasteiger partial charge in [-0.05, 0) is 41.7 Å². The highest BCUT2D eigenvalue weighted by Gasteiger charge is 2.34. The predicted octanol–water partition coefficient (Wildman–Crippen LogP) is 5.58. The number of benzene rings is 2. The SMILES string of the molecule is COCCCOc1cc2c(cc1-c1nc3ccccc3o1)-c1cc(=O)c(C(=O)O)cn1C(C(C)(C)C)C2. The Hall–Kier alpha value is -3.91. The number of nitrogens with zero attached hydrogens (tertiary/aromatic N) is 2. The second-order valence-corrected chi connectivity index (χ2v) is 10.4. The van der Waals surface area contributed by atoms with E-state index in [0.717, 1.165) is 23.1 Å². The Balaban J connectivity index is 1.71. The van der Waals surface area contributed by atoms with Crippen molar-refractivity contribution in [3.8, 4) is 28.5 Å². The van der Waals surface area contributed by atoms with Crippen LogP contribution in [0.2, 0.25) is 0 Å². The average Bonchev–Trinajstić information content (AvgIpc) is 3.28. The van der Waals surface area contributed by atoms with Crippen LogP contribution in [0.25, 0.3) is 33.8 Å². The molecule has 4 aromatic rings. The molecule has 0 aliphatic carbocycles. The average molecular weight is 503 g/mol. The minimum absolute atomic E-state index is 0.0646. The summed E-state index contributed by atoms with van der Waals surface area (Å²) in [6.07, 6.45) is 2.85. The van der Waals surface area contributed by atoms with Gasteiger partial charge in [0.15, 0.2) is 11.0 Å². The first-order valence-corrected chi connectivity index (χ1v) is 12.3. The van der Waals surface area contributed by atoms with E-state index in [1.807, 2.05) is 41.0 Å². The van der Waals surface area contributed by atoms with Crippen molar-refractivity contribution < 1.29 is 23.8 Å². The number of hydrogen-bond donors (Lipinski definition) is 1. The number of methoxy groups -OCH3 is 1. The highest BCUT2D eigenvalue weighted by molar-refractivity contribution is 5.88. The van der Waals surface area contributed by atoms with Gasteiger partial charge in [0, 0.05) is 44.0 Å². The molecule has 0 fully saturated rings. The van der Waals surface area contributed by atoms with Crippen LogP contribution in [0.15, 0.2) is 57.9 Å². The molecule has 1 aliphatic heterocycles. The maximum absolute atomic E-state index is 12.8. The highest BCUT2D eigenvalue weighted by atomic mass is 16.5. The van der Waals surface area contributed by atoms with Gasteiger partial charge in [-0.1, -0.05) is 32.9 Å². The van der Waals surface area contributed by atoms with Gasteiger partial charge in [-0.2, -0.15) is 0 Å². The number of hydrogen-bond acceptors (Lipinski definition) is 6. The minimum atomic E-state index is -1.23. The summed E-state index contributed by atoms with van der Waals surface area (Å²) in [7, 11) is 1.66. The third-order valence-corrected chi connectivity index (χ3v) is 6.81. The number of aromatic carboxylic acids is 1. The molecule has 0 spiro atoms. The number of carboxylic acid groups (broad SMARTS) is 1. The first-order chi connectivity index (χ1) is 17.7. The predicted molar refractivity (Wildman–Crippen MR) is 140 cm³/mol. The Kier molecular flexibility index (Phi) is 6.37. The van der Waals surface area contributed by atoms with Crippen molar-refractivity contribution in [3.05, 3.63) is 70.0 Å². The summed E-state index contributed by atoms with van der Waals surface area (Å²) in [4.78, 5) is 29.2. The molecule has 1 atom stereocenters. The van der Waals surface area contributed by atoms with Crippen molar-refractivity contribution in [3.63, 3.8) is 0 Å². The molecule has 0 saturated carbocycles. The van der Waals surface area contributed by atoms with Crippen LogP contribution >= 0.6 is 0 Å². The molecule has 0 bridgehead atoms. The molecule has 0 saturated heterocycles. The fourth-order valence-electron chi connectivity index (χ4n) is 4.90. The van der Waals surface area contributed by atoms with Crippen LogP contribution < -0.4 is 10.2 Å². The molecule has 0 amide bonds. The second-order valence-electron chi connectivity index (χ2n) is 10.4. The lowest BCUT2D eigenvalue weighted by atomic mass is 9.78. The summed E-state index contributed by atoms with van der Waals surface area (Å²) in [6.45, 7) is 7.37. The zero-order valence-electron chi connectivity index (χ0n) is 21.4. The van der Waals surface area contributed by atoms with Gasteiger partial charge in [0.25, 0.3) is 0 Å². The molecule has 0 radical (unpaired) electrons. The van der Waals surface area contributed by atoms with Crippen molar-refractivity contribution in [2.75, 3.05) is 20.3 Å². The quantitative estimate of drug-likeness (QED) is 0.329. The molecule has 192 valence electrons. The van der Waals surface area contributed by atoms with E-state index < -0.39 is 11.4 Å². The van der Waals surface area contributed by atoms with Gasteiger partial charge in [-0.25, -0.2) is 9.78 Å². The summed E-state index contributed by atoms with van der Waals surface area (Å²) in [5.74, 6) is -0.169. The highest BCUT2D eigenvalue weighted by Crippen LogP contribution is 2.46. The Morgan fingerprint density at radius 1 is 1.16 bits per heavy atom. The van der Waals surface area contributed by atoms with Crippen LogP contribution in [0, 0.1) is 5.41 Å². The van der Waals surface area contributed by atoms with Gasteiger partial charge in [-0.3, -0.25) is 4.79 Å². The summed E-state index contributed by atoms with van der Waals surface area (Å²) >= 11 is 0. The molecule has 2 aromatic heterocycles. The van der Waals surface area contributed by atoms with E-state index in [2.05, 4.69) is 25.8 Å². The van der Waals surface area contributed by atoms with Gasteiger partial charge >= 0.3 is 5.97 Å². The first kappa shape index (κ1) is 24.8. The van der Waals surface area contributed by atoms with Crippen molar-refractivity contribution >= 4 is 17.1 Å². The van der Waals surface area contributed by atoms with Crippen LogP contribution in [0.3, 0.4) is 0 Å². The van der Waals surface area contributed by atoms with E-state index in [4.69, 9.17) is 13.9 Å². The number of ether oxygens (including phenoxy) is 2. The van der Waals surface area contributed by atoms with Gasteiger partial charge in [0.05, 0.1) is 17.9 Å². The zero-order valence-corrected chi connectivity index (χ0v) is 21.4. The first-order valence-electron chi connectivity index (χ1n) is 12.3. The maximum Gasteiger partial charge on any atom is 0.341 e. The number of pyridine rings is 1. The molecule has 1 N–H and O–H groups in total. The lowest BCUT2D eigenvalue weighted by Gasteiger charge is -2.39. The number of aromatic nitrogens is 2. The van der Waals surface area contributed by atoms with Crippen LogP contribution in [0.1, 0.15) is 49.2 Å². The van der Waals surface area contributed by atoms with Gasteiger partial charge < -0.3 is 23.6 Å². The van der Waals surface area contributed by atoms with E-state index >= 15 is 0 Å². The molecule has 1 aliphatic rings.